The van der Waals surface area contributed by atoms with E-state index in [0.29, 0.717) is 3.63 Å². The fourth-order valence-corrected chi connectivity index (χ4v) is 26.1. The monoisotopic (exact) mass is 488 g/mol. The first-order valence-electron chi connectivity index (χ1n) is 11.3. The van der Waals surface area contributed by atoms with Gasteiger partial charge in [0.05, 0.1) is 0 Å². The summed E-state index contributed by atoms with van der Waals surface area (Å²) < 4.78 is 1.48. The third-order valence-electron chi connectivity index (χ3n) is 7.44. The first-order valence-corrected chi connectivity index (χ1v) is 20.3. The zero-order chi connectivity index (χ0) is 21.6. The molecular weight excluding hydrogens is 456 g/mol. The number of allylic oxidation sites excluding steroid dienone is 5. The molecule has 0 heterocycles. The Hall–Kier alpha value is -1.24. The molecule has 4 rings (SSSR count). The second-order valence-corrected chi connectivity index (χ2v) is 27.1. The second kappa shape index (κ2) is 8.71. The summed E-state index contributed by atoms with van der Waals surface area (Å²) in [6, 6.07) is 18.4. The summed E-state index contributed by atoms with van der Waals surface area (Å²) in [5.74, 6) is 0. The molecule has 0 aromatic heterocycles. The third kappa shape index (κ3) is 3.55. The van der Waals surface area contributed by atoms with Crippen LogP contribution in [0.3, 0.4) is 0 Å². The summed E-state index contributed by atoms with van der Waals surface area (Å²) in [7, 11) is 0. The van der Waals surface area contributed by atoms with Gasteiger partial charge in [-0.3, -0.25) is 0 Å². The molecule has 154 valence electrons. The van der Waals surface area contributed by atoms with Crippen LogP contribution in [-0.4, -0.2) is 5.43 Å². The molecule has 2 aliphatic carbocycles. The number of benzene rings is 2. The van der Waals surface area contributed by atoms with Crippen molar-refractivity contribution in [3.05, 3.63) is 99.2 Å². The van der Waals surface area contributed by atoms with Crippen LogP contribution < -0.4 is 0 Å². The molecule has 0 spiro atoms. The molecule has 0 aliphatic heterocycles. The number of hydrogen-bond donors (Lipinski definition) is 0. The predicted octanol–water partition coefficient (Wildman–Crippen LogP) is 8.08. The van der Waals surface area contributed by atoms with Crippen molar-refractivity contribution < 1.29 is 20.4 Å². The van der Waals surface area contributed by atoms with Crippen molar-refractivity contribution in [1.29, 1.82) is 0 Å². The van der Waals surface area contributed by atoms with E-state index >= 15 is 0 Å². The molecule has 0 radical (unpaired) electrons. The molecule has 1 unspecified atom stereocenters. The van der Waals surface area contributed by atoms with Gasteiger partial charge in [-0.05, 0) is 0 Å². The van der Waals surface area contributed by atoms with Gasteiger partial charge in [-0.15, -0.1) is 0 Å². The summed E-state index contributed by atoms with van der Waals surface area (Å²) in [5.41, 5.74) is 13.8. The number of hydrogen-bond acceptors (Lipinski definition) is 0. The van der Waals surface area contributed by atoms with Crippen molar-refractivity contribution in [2.75, 3.05) is 0 Å². The zero-order valence-corrected chi connectivity index (χ0v) is 23.0. The molecule has 30 heavy (non-hydrogen) atoms. The van der Waals surface area contributed by atoms with Crippen LogP contribution in [0.2, 0.25) is 16.7 Å². The normalized spacial score (nSPS) is 18.8. The zero-order valence-electron chi connectivity index (χ0n) is 19.6. The van der Waals surface area contributed by atoms with Gasteiger partial charge in [-0.25, -0.2) is 0 Å². The first-order chi connectivity index (χ1) is 14.4. The maximum atomic E-state index is 2.72. The van der Waals surface area contributed by atoms with E-state index in [1.54, 1.807) is 27.9 Å². The molecule has 0 amide bonds. The number of aryl methyl sites for hydroxylation is 1. The minimum atomic E-state index is -1.87. The molecule has 0 fully saturated rings. The molecule has 1 atom stereocenters. The molecule has 0 N–H and O–H groups in total. The van der Waals surface area contributed by atoms with Crippen LogP contribution in [0.5, 0.6) is 0 Å². The fourth-order valence-electron chi connectivity index (χ4n) is 5.54. The Balaban J connectivity index is 1.92. The minimum absolute atomic E-state index is 0.328. The Bertz CT molecular complexity index is 1110. The average molecular weight is 490 g/mol. The molecule has 2 aromatic carbocycles. The topological polar surface area (TPSA) is 0 Å². The molecule has 2 aromatic rings. The van der Waals surface area contributed by atoms with Crippen molar-refractivity contribution in [2.24, 2.45) is 0 Å². The third-order valence-corrected chi connectivity index (χ3v) is 27.1. The van der Waals surface area contributed by atoms with Gasteiger partial charge in [0.15, 0.2) is 0 Å². The summed E-state index contributed by atoms with van der Waals surface area (Å²) in [6.07, 6.45) is 3.81. The van der Waals surface area contributed by atoms with Crippen molar-refractivity contribution in [3.63, 3.8) is 0 Å². The molecule has 2 heteroatoms. The van der Waals surface area contributed by atoms with Gasteiger partial charge in [0.25, 0.3) is 0 Å². The molecule has 2 aliphatic rings. The average Bonchev–Trinajstić information content (AvgIpc) is 3.21. The van der Waals surface area contributed by atoms with Crippen LogP contribution >= 0.6 is 0 Å². The van der Waals surface area contributed by atoms with Crippen molar-refractivity contribution in [3.8, 4) is 0 Å². The van der Waals surface area contributed by atoms with Crippen LogP contribution in [0.15, 0.2) is 76.9 Å². The van der Waals surface area contributed by atoms with Crippen LogP contribution in [0, 0.1) is 0 Å². The van der Waals surface area contributed by atoms with Gasteiger partial charge in [0, 0.05) is 0 Å². The van der Waals surface area contributed by atoms with Gasteiger partial charge in [0.1, 0.15) is 0 Å². The number of fused-ring (bicyclic) bond motifs is 1. The van der Waals surface area contributed by atoms with E-state index in [1.807, 2.05) is 0 Å². The second-order valence-electron chi connectivity index (χ2n) is 9.16. The molecule has 0 bridgehead atoms. The Morgan fingerprint density at radius 3 is 1.97 bits per heavy atom. The summed E-state index contributed by atoms with van der Waals surface area (Å²) in [4.78, 5) is 0. The van der Waals surface area contributed by atoms with Gasteiger partial charge in [-0.2, -0.15) is 0 Å². The van der Waals surface area contributed by atoms with E-state index in [-0.39, 0.29) is 5.43 Å². The van der Waals surface area contributed by atoms with Gasteiger partial charge >= 0.3 is 192 Å². The van der Waals surface area contributed by atoms with Crippen LogP contribution in [0.25, 0.3) is 5.57 Å². The van der Waals surface area contributed by atoms with E-state index in [0.717, 1.165) is 10.0 Å². The van der Waals surface area contributed by atoms with Gasteiger partial charge in [0.2, 0.25) is 0 Å². The van der Waals surface area contributed by atoms with Gasteiger partial charge in [-0.1, -0.05) is 0 Å². The van der Waals surface area contributed by atoms with E-state index in [1.165, 1.54) is 22.3 Å². The van der Waals surface area contributed by atoms with E-state index < -0.39 is 20.4 Å². The van der Waals surface area contributed by atoms with Crippen LogP contribution in [0.4, 0.5) is 0 Å². The first kappa shape index (κ1) is 22.0. The standard InChI is InChI=1S/C17H15.C9H13.C2H6Si.Zr/c1-2-13-7-3-5-9-15(13)17-12-11-14-8-4-6-10-16(14)17;1-6-5-7(2)9(4)8(6)3;1-3-2;/h3-12H,2H2,1H3;5H,1-4H3;1-2H3;. The fraction of sp³-hybridized carbons (Fsp3) is 0.357. The van der Waals surface area contributed by atoms with E-state index in [4.69, 9.17) is 0 Å². The SMILES string of the molecule is CCc1ccccc1C1=C[CH]([Zr]([CH]2C(C)=C(C)C(C)=C2C)=[Si](C)C)c2ccccc21. The molecule has 0 saturated heterocycles. The van der Waals surface area contributed by atoms with Crippen LogP contribution in [0.1, 0.15) is 60.5 Å². The molecular formula is C28H34SiZr. The maximum absolute atomic E-state index is 2.72. The van der Waals surface area contributed by atoms with Crippen molar-refractivity contribution in [1.82, 2.24) is 0 Å². The van der Waals surface area contributed by atoms with Crippen molar-refractivity contribution in [2.45, 2.75) is 61.4 Å². The van der Waals surface area contributed by atoms with E-state index in [9.17, 15) is 0 Å². The Labute approximate surface area is 191 Å². The van der Waals surface area contributed by atoms with E-state index in [2.05, 4.69) is 102 Å². The predicted molar refractivity (Wildman–Crippen MR) is 130 cm³/mol. The quantitative estimate of drug-likeness (QED) is 0.381. The summed E-state index contributed by atoms with van der Waals surface area (Å²) >= 11 is -1.87. The summed E-state index contributed by atoms with van der Waals surface area (Å²) in [5, 5.41) is 0. The Morgan fingerprint density at radius 2 is 1.37 bits per heavy atom. The molecule has 0 nitrogen and oxygen atoms in total. The van der Waals surface area contributed by atoms with Gasteiger partial charge < -0.3 is 0 Å². The van der Waals surface area contributed by atoms with Crippen molar-refractivity contribution >= 4 is 11.0 Å². The summed E-state index contributed by atoms with van der Waals surface area (Å²) in [6.45, 7) is 17.1. The Kier molecular flexibility index (Phi) is 6.38. The molecule has 0 saturated carbocycles. The van der Waals surface area contributed by atoms with Crippen LogP contribution in [-0.2, 0) is 26.8 Å². The number of rotatable bonds is 4. The Morgan fingerprint density at radius 1 is 0.800 bits per heavy atom.